The van der Waals surface area contributed by atoms with E-state index in [1.54, 1.807) is 42.5 Å². The van der Waals surface area contributed by atoms with Gasteiger partial charge in [-0.25, -0.2) is 9.00 Å². The van der Waals surface area contributed by atoms with Crippen molar-refractivity contribution in [1.29, 1.82) is 0 Å². The molecule has 0 saturated carbocycles. The second-order valence-corrected chi connectivity index (χ2v) is 6.47. The van der Waals surface area contributed by atoms with Gasteiger partial charge in [-0.1, -0.05) is 18.2 Å². The lowest BCUT2D eigenvalue weighted by Gasteiger charge is -2.12. The highest BCUT2D eigenvalue weighted by Crippen LogP contribution is 2.33. The molecule has 5 nitrogen and oxygen atoms in total. The first-order chi connectivity index (χ1) is 11.5. The first-order valence-corrected chi connectivity index (χ1v) is 8.79. The van der Waals surface area contributed by atoms with Crippen LogP contribution in [-0.2, 0) is 14.8 Å². The molecule has 2 aromatic carbocycles. The van der Waals surface area contributed by atoms with Gasteiger partial charge in [-0.05, 0) is 51.6 Å². The van der Waals surface area contributed by atoms with Gasteiger partial charge in [0.2, 0.25) is 0 Å². The fraction of sp³-hybridized carbons (Fsp3) is 0.118. The summed E-state index contributed by atoms with van der Waals surface area (Å²) in [5.41, 5.74) is 1.78. The zero-order valence-electron chi connectivity index (χ0n) is 13.0. The van der Waals surface area contributed by atoms with Crippen molar-refractivity contribution in [3.8, 4) is 11.5 Å². The zero-order valence-corrected chi connectivity index (χ0v) is 14.6. The van der Waals surface area contributed by atoms with E-state index in [4.69, 9.17) is 20.2 Å². The van der Waals surface area contributed by atoms with Gasteiger partial charge in [0.25, 0.3) is 0 Å². The van der Waals surface area contributed by atoms with Crippen molar-refractivity contribution in [2.45, 2.75) is 4.90 Å². The number of carbonyl (C=O) groups is 1. The predicted octanol–water partition coefficient (Wildman–Crippen LogP) is 3.48. The van der Waals surface area contributed by atoms with E-state index < -0.39 is 16.0 Å². The van der Waals surface area contributed by atoms with Crippen LogP contribution in [0.2, 0.25) is 0 Å². The Kier molecular flexibility index (Phi) is 6.00. The minimum absolute atomic E-state index is 0.447. The summed E-state index contributed by atoms with van der Waals surface area (Å²) in [4.78, 5) is 11.7. The van der Waals surface area contributed by atoms with Crippen LogP contribution in [0.25, 0.3) is 5.57 Å². The average molecular weight is 367 g/mol. The maximum absolute atomic E-state index is 11.3. The van der Waals surface area contributed by atoms with Crippen LogP contribution in [0.5, 0.6) is 11.5 Å². The maximum atomic E-state index is 11.3. The van der Waals surface area contributed by atoms with E-state index in [1.807, 2.05) is 0 Å². The normalized spacial score (nSPS) is 12.5. The van der Waals surface area contributed by atoms with E-state index in [0.29, 0.717) is 33.1 Å². The molecule has 0 aliphatic carbocycles. The highest BCUT2D eigenvalue weighted by Gasteiger charge is 2.12. The number of aliphatic carboxylic acids is 1. The van der Waals surface area contributed by atoms with Crippen LogP contribution < -0.4 is 9.47 Å². The van der Waals surface area contributed by atoms with E-state index in [2.05, 4.69) is 0 Å². The van der Waals surface area contributed by atoms with Crippen molar-refractivity contribution in [1.82, 2.24) is 0 Å². The van der Waals surface area contributed by atoms with Crippen LogP contribution in [0, 0.1) is 0 Å². The molecule has 0 saturated heterocycles. The van der Waals surface area contributed by atoms with E-state index >= 15 is 0 Å². The number of methoxy groups -OCH3 is 2. The molecule has 2 aromatic rings. The molecule has 1 unspecified atom stereocenters. The molecule has 2 rings (SSSR count). The second-order valence-electron chi connectivity index (χ2n) is 4.71. The highest BCUT2D eigenvalue weighted by atomic mass is 35.7. The maximum Gasteiger partial charge on any atom is 0.328 e. The lowest BCUT2D eigenvalue weighted by atomic mass is 9.97. The van der Waals surface area contributed by atoms with E-state index in [-0.39, 0.29) is 0 Å². The Morgan fingerprint density at radius 2 is 1.62 bits per heavy atom. The van der Waals surface area contributed by atoms with Gasteiger partial charge < -0.3 is 14.6 Å². The minimum atomic E-state index is -1.62. The number of halogens is 1. The summed E-state index contributed by atoms with van der Waals surface area (Å²) in [6.45, 7) is 0. The number of hydrogen-bond donors (Lipinski definition) is 1. The molecule has 0 aliphatic heterocycles. The highest BCUT2D eigenvalue weighted by molar-refractivity contribution is 8.08. The van der Waals surface area contributed by atoms with Crippen LogP contribution in [-0.4, -0.2) is 29.5 Å². The molecule has 0 amide bonds. The number of carboxylic acids is 1. The van der Waals surface area contributed by atoms with Crippen LogP contribution in [0.4, 0.5) is 0 Å². The molecular formula is C17H15ClO5S. The zero-order chi connectivity index (χ0) is 17.7. The quantitative estimate of drug-likeness (QED) is 0.626. The molecule has 0 bridgehead atoms. The molecule has 0 heterocycles. The second kappa shape index (κ2) is 7.99. The Morgan fingerprint density at radius 3 is 2.12 bits per heavy atom. The Bertz CT molecular complexity index is 799. The predicted molar refractivity (Wildman–Crippen MR) is 93.0 cm³/mol. The van der Waals surface area contributed by atoms with Gasteiger partial charge in [0.1, 0.15) is 10.0 Å². The van der Waals surface area contributed by atoms with Gasteiger partial charge in [0.05, 0.1) is 19.1 Å². The molecule has 7 heteroatoms. The number of benzene rings is 2. The molecule has 1 atom stereocenters. The molecule has 126 valence electrons. The van der Waals surface area contributed by atoms with Crippen molar-refractivity contribution in [2.75, 3.05) is 14.2 Å². The minimum Gasteiger partial charge on any atom is -0.493 e. The van der Waals surface area contributed by atoms with Gasteiger partial charge in [-0.3, -0.25) is 0 Å². The SMILES string of the molecule is COc1ccc(/C(=C\C(=O)O)c2ccc(S(=O)Cl)cc2)cc1OC. The summed E-state index contributed by atoms with van der Waals surface area (Å²) in [7, 11) is 6.96. The number of carboxylic acid groups (broad SMARTS) is 1. The summed E-state index contributed by atoms with van der Waals surface area (Å²) in [5, 5.41) is 9.17. The van der Waals surface area contributed by atoms with Crippen LogP contribution in [0.3, 0.4) is 0 Å². The monoisotopic (exact) mass is 366 g/mol. The largest absolute Gasteiger partial charge is 0.493 e. The van der Waals surface area contributed by atoms with E-state index in [1.165, 1.54) is 14.2 Å². The Labute approximate surface area is 146 Å². The number of ether oxygens (including phenoxy) is 2. The smallest absolute Gasteiger partial charge is 0.328 e. The van der Waals surface area contributed by atoms with Crippen LogP contribution >= 0.6 is 10.7 Å². The van der Waals surface area contributed by atoms with Gasteiger partial charge in [0, 0.05) is 6.08 Å². The average Bonchev–Trinajstić information content (AvgIpc) is 2.59. The van der Waals surface area contributed by atoms with Gasteiger partial charge in [-0.15, -0.1) is 0 Å². The summed E-state index contributed by atoms with van der Waals surface area (Å²) < 4.78 is 21.7. The summed E-state index contributed by atoms with van der Waals surface area (Å²) in [6.07, 6.45) is 1.11. The third kappa shape index (κ3) is 4.15. The van der Waals surface area contributed by atoms with Gasteiger partial charge in [-0.2, -0.15) is 0 Å². The standard InChI is InChI=1S/C17H15ClO5S/c1-22-15-8-5-12(9-16(15)23-2)14(10-17(19)20)11-3-6-13(7-4-11)24(18)21/h3-10H,1-2H3,(H,19,20)/b14-10-. The molecule has 0 aromatic heterocycles. The summed E-state index contributed by atoms with van der Waals surface area (Å²) >= 11 is 0. The first kappa shape index (κ1) is 18.0. The van der Waals surface area contributed by atoms with Crippen molar-refractivity contribution in [2.24, 2.45) is 0 Å². The lowest BCUT2D eigenvalue weighted by molar-refractivity contribution is -0.131. The first-order valence-electron chi connectivity index (χ1n) is 6.81. The van der Waals surface area contributed by atoms with E-state index in [9.17, 15) is 14.1 Å². The molecule has 0 aliphatic rings. The number of hydrogen-bond acceptors (Lipinski definition) is 4. The van der Waals surface area contributed by atoms with Crippen molar-refractivity contribution >= 4 is 32.2 Å². The summed E-state index contributed by atoms with van der Waals surface area (Å²) in [5.74, 6) is -0.0432. The molecule has 0 radical (unpaired) electrons. The Morgan fingerprint density at radius 1 is 1.04 bits per heavy atom. The van der Waals surface area contributed by atoms with Crippen molar-refractivity contribution < 1.29 is 23.6 Å². The topological polar surface area (TPSA) is 72.8 Å². The van der Waals surface area contributed by atoms with Gasteiger partial charge in [0.15, 0.2) is 11.5 Å². The lowest BCUT2D eigenvalue weighted by Crippen LogP contribution is -1.97. The molecule has 0 fully saturated rings. The Balaban J connectivity index is 2.54. The fourth-order valence-electron chi connectivity index (χ4n) is 2.20. The van der Waals surface area contributed by atoms with Crippen LogP contribution in [0.1, 0.15) is 11.1 Å². The van der Waals surface area contributed by atoms with E-state index in [0.717, 1.165) is 6.08 Å². The molecular weight excluding hydrogens is 352 g/mol. The fourth-order valence-corrected chi connectivity index (χ4v) is 2.86. The molecule has 0 spiro atoms. The number of rotatable bonds is 6. The summed E-state index contributed by atoms with van der Waals surface area (Å²) in [6, 6.07) is 11.7. The van der Waals surface area contributed by atoms with Crippen molar-refractivity contribution in [3.63, 3.8) is 0 Å². The third-order valence-electron chi connectivity index (χ3n) is 3.31. The van der Waals surface area contributed by atoms with Crippen LogP contribution in [0.15, 0.2) is 53.4 Å². The van der Waals surface area contributed by atoms with Gasteiger partial charge >= 0.3 is 5.97 Å². The third-order valence-corrected chi connectivity index (χ3v) is 4.49. The Hall–Kier alpha value is -2.31. The molecule has 1 N–H and O–H groups in total. The van der Waals surface area contributed by atoms with Crippen molar-refractivity contribution in [3.05, 3.63) is 59.7 Å². The molecule has 24 heavy (non-hydrogen) atoms.